The molecule has 0 spiro atoms. The molecule has 64 heavy (non-hydrogen) atoms. The maximum Gasteiger partial charge on any atom is 0.159 e. The first-order chi connectivity index (χ1) is 31.0. The minimum atomic E-state index is -0.0724. The first-order valence-electron chi connectivity index (χ1n) is 22.5. The van der Waals surface area contributed by atoms with E-state index in [1.54, 1.807) is 0 Å². The first-order valence-corrected chi connectivity index (χ1v) is 22.5. The highest BCUT2D eigenvalue weighted by molar-refractivity contribution is 6.40. The van der Waals surface area contributed by atoms with Crippen LogP contribution in [-0.2, 0) is 10.8 Å². The Labute approximate surface area is 368 Å². The van der Waals surface area contributed by atoms with Crippen molar-refractivity contribution in [2.45, 2.75) is 52.4 Å². The van der Waals surface area contributed by atoms with Crippen LogP contribution in [0.3, 0.4) is 0 Å². The third-order valence-electron chi connectivity index (χ3n) is 14.3. The second kappa shape index (κ2) is 12.1. The van der Waals surface area contributed by atoms with Crippen molar-refractivity contribution in [3.63, 3.8) is 0 Å². The summed E-state index contributed by atoms with van der Waals surface area (Å²) in [6.07, 6.45) is 0. The average Bonchev–Trinajstić information content (AvgIpc) is 3.88. The van der Waals surface area contributed by atoms with E-state index in [2.05, 4.69) is 208 Å². The van der Waals surface area contributed by atoms with Gasteiger partial charge in [0.15, 0.2) is 11.2 Å². The molecule has 0 bridgehead atoms. The zero-order valence-corrected chi connectivity index (χ0v) is 36.7. The fraction of sp³-hybridized carbons (Fsp3) is 0.133. The number of fused-ring (bicyclic) bond motifs is 10. The van der Waals surface area contributed by atoms with Gasteiger partial charge in [0.05, 0.1) is 33.4 Å². The Morgan fingerprint density at radius 3 is 1.11 bits per heavy atom. The van der Waals surface area contributed by atoms with Gasteiger partial charge < -0.3 is 18.0 Å². The van der Waals surface area contributed by atoms with E-state index in [4.69, 9.17) is 8.83 Å². The number of rotatable bonds is 2. The van der Waals surface area contributed by atoms with Crippen LogP contribution in [0.2, 0.25) is 0 Å². The van der Waals surface area contributed by atoms with Crippen molar-refractivity contribution < 1.29 is 8.83 Å². The zero-order valence-electron chi connectivity index (χ0n) is 36.7. The molecule has 0 radical (unpaired) electrons. The molecule has 4 heteroatoms. The molecule has 4 aromatic heterocycles. The van der Waals surface area contributed by atoms with Crippen LogP contribution in [0.25, 0.3) is 131 Å². The van der Waals surface area contributed by atoms with E-state index in [0.717, 1.165) is 77.3 Å². The van der Waals surface area contributed by atoms with Crippen molar-refractivity contribution in [1.82, 2.24) is 9.13 Å². The second-order valence-electron chi connectivity index (χ2n) is 20.0. The van der Waals surface area contributed by atoms with Crippen LogP contribution in [0, 0.1) is 0 Å². The van der Waals surface area contributed by atoms with Crippen molar-refractivity contribution in [1.29, 1.82) is 0 Å². The van der Waals surface area contributed by atoms with Crippen LogP contribution < -0.4 is 0 Å². The lowest BCUT2D eigenvalue weighted by Gasteiger charge is -2.24. The number of pyridine rings is 2. The maximum atomic E-state index is 7.06. The summed E-state index contributed by atoms with van der Waals surface area (Å²) in [4.78, 5) is 0. The van der Waals surface area contributed by atoms with Gasteiger partial charge in [0.2, 0.25) is 0 Å². The van der Waals surface area contributed by atoms with Crippen molar-refractivity contribution in [2.75, 3.05) is 0 Å². The first kappa shape index (κ1) is 36.0. The predicted molar refractivity (Wildman–Crippen MR) is 271 cm³/mol. The van der Waals surface area contributed by atoms with Gasteiger partial charge in [-0.1, -0.05) is 151 Å². The van der Waals surface area contributed by atoms with E-state index in [1.807, 2.05) is 0 Å². The molecule has 0 N–H and O–H groups in total. The highest BCUT2D eigenvalue weighted by Crippen LogP contribution is 2.50. The summed E-state index contributed by atoms with van der Waals surface area (Å²) in [5.74, 6) is 0. The lowest BCUT2D eigenvalue weighted by atomic mass is 9.86. The highest BCUT2D eigenvalue weighted by Gasteiger charge is 2.27. The smallest absolute Gasteiger partial charge is 0.159 e. The Kier molecular flexibility index (Phi) is 6.81. The van der Waals surface area contributed by atoms with Crippen LogP contribution in [0.5, 0.6) is 0 Å². The lowest BCUT2D eigenvalue weighted by molar-refractivity contribution is 0.572. The number of aromatic nitrogens is 2. The Hall–Kier alpha value is -7.56. The highest BCUT2D eigenvalue weighted by atomic mass is 16.3. The number of benzene rings is 10. The van der Waals surface area contributed by atoms with E-state index in [9.17, 15) is 0 Å². The molecule has 0 saturated carbocycles. The van der Waals surface area contributed by atoms with Crippen molar-refractivity contribution >= 4 is 120 Å². The number of para-hydroxylation sites is 6. The molecule has 14 aromatic rings. The SMILES string of the molecule is CC(C)(C)c1cccc2c1oc1c(-n3c4ccccc4c4cc5ccc6c7c(cc8ccc3c4c8c57)c3ccccc3n6-c3cccc4c3oc3c(C(C)(C)C)cccc34)cccc12. The molecule has 306 valence electrons. The van der Waals surface area contributed by atoms with E-state index in [1.165, 1.54) is 65.0 Å². The Morgan fingerprint density at radius 2 is 0.688 bits per heavy atom. The number of hydrogen-bond donors (Lipinski definition) is 0. The fourth-order valence-corrected chi connectivity index (χ4v) is 11.5. The molecule has 10 aromatic carbocycles. The lowest BCUT2D eigenvalue weighted by Crippen LogP contribution is -2.10. The van der Waals surface area contributed by atoms with Crippen LogP contribution >= 0.6 is 0 Å². The Balaban J connectivity index is 1.14. The molecule has 0 aliphatic carbocycles. The normalized spacial score (nSPS) is 13.2. The molecule has 0 aliphatic heterocycles. The minimum absolute atomic E-state index is 0.0724. The van der Waals surface area contributed by atoms with E-state index >= 15 is 0 Å². The molecule has 0 saturated heterocycles. The van der Waals surface area contributed by atoms with Gasteiger partial charge in [-0.05, 0) is 80.9 Å². The molecular formula is C60H44N2O2. The van der Waals surface area contributed by atoms with Crippen LogP contribution in [0.15, 0.2) is 167 Å². The molecule has 0 amide bonds. The molecule has 0 fully saturated rings. The van der Waals surface area contributed by atoms with Gasteiger partial charge in [0, 0.05) is 65.0 Å². The zero-order chi connectivity index (χ0) is 43.0. The van der Waals surface area contributed by atoms with E-state index < -0.39 is 0 Å². The number of nitrogens with zero attached hydrogens (tertiary/aromatic N) is 2. The van der Waals surface area contributed by atoms with Gasteiger partial charge in [-0.25, -0.2) is 0 Å². The summed E-state index contributed by atoms with van der Waals surface area (Å²) in [7, 11) is 0. The largest absolute Gasteiger partial charge is 0.454 e. The summed E-state index contributed by atoms with van der Waals surface area (Å²) < 4.78 is 19.0. The minimum Gasteiger partial charge on any atom is -0.454 e. The maximum absolute atomic E-state index is 7.06. The van der Waals surface area contributed by atoms with Crippen LogP contribution in [0.1, 0.15) is 52.7 Å². The predicted octanol–water partition coefficient (Wildman–Crippen LogP) is 17.2. The van der Waals surface area contributed by atoms with Crippen LogP contribution in [0.4, 0.5) is 0 Å². The summed E-state index contributed by atoms with van der Waals surface area (Å²) in [6.45, 7) is 13.6. The van der Waals surface area contributed by atoms with Crippen molar-refractivity contribution in [2.24, 2.45) is 0 Å². The summed E-state index contributed by atoms with van der Waals surface area (Å²) in [5.41, 5.74) is 12.7. The summed E-state index contributed by atoms with van der Waals surface area (Å²) in [5, 5.41) is 17.0. The van der Waals surface area contributed by atoms with Gasteiger partial charge >= 0.3 is 0 Å². The van der Waals surface area contributed by atoms with E-state index in [-0.39, 0.29) is 10.8 Å². The molecule has 0 atom stereocenters. The van der Waals surface area contributed by atoms with Gasteiger partial charge in [0.1, 0.15) is 11.2 Å². The third kappa shape index (κ3) is 4.57. The Bertz CT molecular complexity index is 4040. The monoisotopic (exact) mass is 824 g/mol. The summed E-state index contributed by atoms with van der Waals surface area (Å²) in [6, 6.07) is 58.5. The van der Waals surface area contributed by atoms with Crippen LogP contribution in [-0.4, -0.2) is 9.13 Å². The van der Waals surface area contributed by atoms with Crippen molar-refractivity contribution in [3.05, 3.63) is 169 Å². The third-order valence-corrected chi connectivity index (χ3v) is 14.3. The van der Waals surface area contributed by atoms with Gasteiger partial charge in [-0.2, -0.15) is 0 Å². The van der Waals surface area contributed by atoms with Crippen molar-refractivity contribution in [3.8, 4) is 11.4 Å². The van der Waals surface area contributed by atoms with Gasteiger partial charge in [-0.3, -0.25) is 0 Å². The number of furan rings is 2. The van der Waals surface area contributed by atoms with Gasteiger partial charge in [-0.15, -0.1) is 0 Å². The molecule has 14 rings (SSSR count). The number of hydrogen-bond acceptors (Lipinski definition) is 2. The molecule has 0 aliphatic rings. The molecule has 4 nitrogen and oxygen atoms in total. The fourth-order valence-electron chi connectivity index (χ4n) is 11.5. The second-order valence-corrected chi connectivity index (χ2v) is 20.0. The molecule has 4 heterocycles. The van der Waals surface area contributed by atoms with E-state index in [0.29, 0.717) is 0 Å². The topological polar surface area (TPSA) is 36.1 Å². The molecule has 0 unspecified atom stereocenters. The van der Waals surface area contributed by atoms with Gasteiger partial charge in [0.25, 0.3) is 0 Å². The average molecular weight is 825 g/mol. The Morgan fingerprint density at radius 1 is 0.312 bits per heavy atom. The summed E-state index contributed by atoms with van der Waals surface area (Å²) >= 11 is 0. The standard InChI is InChI=1S/C60H44N2O2/c1-59(2,3)43-21-11-17-37-39-19-13-25-49(57(39)63-55(37)43)61-45-23-9-7-15-35(45)41-31-34-28-30-48-54-42(32-33-27-29-47(61)53(41)51(33)52(34)54)36-16-8-10-24-46(36)62(48)50-26-14-20-40-38-18-12-22-44(60(4,5)6)56(38)64-58(40)50/h7-32H,1-6H3. The molecular weight excluding hydrogens is 781 g/mol. The quantitative estimate of drug-likeness (QED) is 0.129.